The Morgan fingerprint density at radius 2 is 2.12 bits per heavy atom. The van der Waals surface area contributed by atoms with Gasteiger partial charge in [-0.25, -0.2) is 9.18 Å². The van der Waals surface area contributed by atoms with Crippen LogP contribution in [0.1, 0.15) is 38.2 Å². The average Bonchev–Trinajstić information content (AvgIpc) is 2.56. The van der Waals surface area contributed by atoms with Crippen LogP contribution in [0.3, 0.4) is 0 Å². The lowest BCUT2D eigenvalue weighted by molar-refractivity contribution is -0.144. The Bertz CT molecular complexity index is 633. The number of halogens is 2. The fourth-order valence-corrected chi connectivity index (χ4v) is 3.14. The SMILES string of the molecule is C[C@@H]1CCCC[C@H]1NC(=O)COC(=O)/C=C/c1cc(Br)ccc1F. The molecule has 1 aliphatic rings. The maximum Gasteiger partial charge on any atom is 0.331 e. The normalized spacial score (nSPS) is 20.8. The van der Waals surface area contributed by atoms with Crippen molar-refractivity contribution in [2.75, 3.05) is 6.61 Å². The highest BCUT2D eigenvalue weighted by atomic mass is 79.9. The summed E-state index contributed by atoms with van der Waals surface area (Å²) >= 11 is 3.24. The number of hydrogen-bond acceptors (Lipinski definition) is 3. The van der Waals surface area contributed by atoms with E-state index in [2.05, 4.69) is 28.2 Å². The van der Waals surface area contributed by atoms with Crippen LogP contribution in [0.15, 0.2) is 28.7 Å². The zero-order chi connectivity index (χ0) is 17.5. The Morgan fingerprint density at radius 3 is 2.88 bits per heavy atom. The molecule has 0 saturated heterocycles. The van der Waals surface area contributed by atoms with Crippen molar-refractivity contribution < 1.29 is 18.7 Å². The molecule has 0 spiro atoms. The van der Waals surface area contributed by atoms with E-state index < -0.39 is 11.8 Å². The summed E-state index contributed by atoms with van der Waals surface area (Å²) in [6.07, 6.45) is 6.80. The van der Waals surface area contributed by atoms with Crippen molar-refractivity contribution in [2.24, 2.45) is 5.92 Å². The summed E-state index contributed by atoms with van der Waals surface area (Å²) in [7, 11) is 0. The first kappa shape index (κ1) is 18.6. The predicted molar refractivity (Wildman–Crippen MR) is 93.7 cm³/mol. The van der Waals surface area contributed by atoms with Crippen LogP contribution in [0.25, 0.3) is 6.08 Å². The van der Waals surface area contributed by atoms with Gasteiger partial charge in [0.15, 0.2) is 6.61 Å². The minimum atomic E-state index is -0.679. The standard InChI is InChI=1S/C18H21BrFNO3/c1-12-4-2-3-5-16(12)21-17(22)11-24-18(23)9-6-13-10-14(19)7-8-15(13)20/h6-10,12,16H,2-5,11H2,1H3,(H,21,22)/b9-6+/t12-,16-/m1/s1. The molecule has 0 radical (unpaired) electrons. The molecule has 1 amide bonds. The number of carbonyl (C=O) groups excluding carboxylic acids is 2. The fourth-order valence-electron chi connectivity index (χ4n) is 2.76. The molecule has 1 saturated carbocycles. The summed E-state index contributed by atoms with van der Waals surface area (Å²) in [4.78, 5) is 23.5. The molecule has 1 N–H and O–H groups in total. The maximum atomic E-state index is 13.5. The zero-order valence-electron chi connectivity index (χ0n) is 13.6. The quantitative estimate of drug-likeness (QED) is 0.606. The third-order valence-corrected chi connectivity index (χ3v) is 4.65. The Labute approximate surface area is 149 Å². The number of amides is 1. The summed E-state index contributed by atoms with van der Waals surface area (Å²) in [6.45, 7) is 1.79. The van der Waals surface area contributed by atoms with Crippen molar-refractivity contribution in [1.29, 1.82) is 0 Å². The number of esters is 1. The lowest BCUT2D eigenvalue weighted by Gasteiger charge is -2.29. The smallest absolute Gasteiger partial charge is 0.331 e. The molecule has 0 unspecified atom stereocenters. The molecule has 2 rings (SSSR count). The fraction of sp³-hybridized carbons (Fsp3) is 0.444. The summed E-state index contributed by atoms with van der Waals surface area (Å²) in [5, 5.41) is 2.91. The summed E-state index contributed by atoms with van der Waals surface area (Å²) in [6, 6.07) is 4.57. The second kappa shape index (κ2) is 8.97. The molecule has 130 valence electrons. The minimum Gasteiger partial charge on any atom is -0.452 e. The molecule has 0 heterocycles. The van der Waals surface area contributed by atoms with E-state index in [-0.39, 0.29) is 24.1 Å². The second-order valence-electron chi connectivity index (χ2n) is 6.04. The maximum absolute atomic E-state index is 13.5. The first-order chi connectivity index (χ1) is 11.5. The van der Waals surface area contributed by atoms with E-state index in [1.807, 2.05) is 0 Å². The molecule has 1 aliphatic carbocycles. The van der Waals surface area contributed by atoms with Crippen LogP contribution >= 0.6 is 15.9 Å². The molecular weight excluding hydrogens is 377 g/mol. The van der Waals surface area contributed by atoms with Crippen LogP contribution < -0.4 is 5.32 Å². The Hall–Kier alpha value is -1.69. The number of nitrogens with one attached hydrogen (secondary N) is 1. The van der Waals surface area contributed by atoms with Gasteiger partial charge in [0.2, 0.25) is 0 Å². The number of benzene rings is 1. The van der Waals surface area contributed by atoms with Crippen molar-refractivity contribution in [1.82, 2.24) is 5.32 Å². The van der Waals surface area contributed by atoms with Gasteiger partial charge in [-0.2, -0.15) is 0 Å². The topological polar surface area (TPSA) is 55.4 Å². The summed E-state index contributed by atoms with van der Waals surface area (Å²) < 4.78 is 19.1. The number of rotatable bonds is 5. The molecule has 4 nitrogen and oxygen atoms in total. The summed E-state index contributed by atoms with van der Waals surface area (Å²) in [5.41, 5.74) is 0.266. The zero-order valence-corrected chi connectivity index (χ0v) is 15.1. The van der Waals surface area contributed by atoms with Crippen LogP contribution in [0.4, 0.5) is 4.39 Å². The van der Waals surface area contributed by atoms with Crippen LogP contribution in [0, 0.1) is 11.7 Å². The van der Waals surface area contributed by atoms with E-state index in [4.69, 9.17) is 4.74 Å². The van der Waals surface area contributed by atoms with Crippen LogP contribution in [-0.2, 0) is 14.3 Å². The molecule has 0 aromatic heterocycles. The third kappa shape index (κ3) is 5.74. The van der Waals surface area contributed by atoms with Crippen molar-refractivity contribution in [3.63, 3.8) is 0 Å². The lowest BCUT2D eigenvalue weighted by Crippen LogP contribution is -2.42. The van der Waals surface area contributed by atoms with Gasteiger partial charge >= 0.3 is 5.97 Å². The van der Waals surface area contributed by atoms with Crippen molar-refractivity contribution >= 4 is 33.9 Å². The molecular formula is C18H21BrFNO3. The highest BCUT2D eigenvalue weighted by Gasteiger charge is 2.22. The van der Waals surface area contributed by atoms with Crippen LogP contribution in [0.2, 0.25) is 0 Å². The van der Waals surface area contributed by atoms with Gasteiger partial charge in [-0.1, -0.05) is 35.7 Å². The largest absolute Gasteiger partial charge is 0.452 e. The Balaban J connectivity index is 1.79. The highest BCUT2D eigenvalue weighted by Crippen LogP contribution is 2.23. The average molecular weight is 398 g/mol. The molecule has 1 aromatic carbocycles. The second-order valence-corrected chi connectivity index (χ2v) is 6.96. The first-order valence-corrected chi connectivity index (χ1v) is 8.84. The Morgan fingerprint density at radius 1 is 1.38 bits per heavy atom. The van der Waals surface area contributed by atoms with Gasteiger partial charge in [-0.3, -0.25) is 4.79 Å². The van der Waals surface area contributed by atoms with Gasteiger partial charge in [0.25, 0.3) is 5.91 Å². The molecule has 6 heteroatoms. The summed E-state index contributed by atoms with van der Waals surface area (Å²) in [5.74, 6) is -0.977. The van der Waals surface area contributed by atoms with Crippen molar-refractivity contribution in [3.8, 4) is 0 Å². The highest BCUT2D eigenvalue weighted by molar-refractivity contribution is 9.10. The van der Waals surface area contributed by atoms with Crippen molar-refractivity contribution in [3.05, 3.63) is 40.1 Å². The third-order valence-electron chi connectivity index (χ3n) is 4.16. The van der Waals surface area contributed by atoms with Crippen molar-refractivity contribution in [2.45, 2.75) is 38.6 Å². The van der Waals surface area contributed by atoms with E-state index in [9.17, 15) is 14.0 Å². The van der Waals surface area contributed by atoms with Gasteiger partial charge in [0, 0.05) is 22.2 Å². The van der Waals surface area contributed by atoms with Gasteiger partial charge in [-0.05, 0) is 43.0 Å². The molecule has 1 fully saturated rings. The monoisotopic (exact) mass is 397 g/mol. The van der Waals surface area contributed by atoms with E-state index in [1.165, 1.54) is 18.6 Å². The predicted octanol–water partition coefficient (Wildman–Crippen LogP) is 3.84. The lowest BCUT2D eigenvalue weighted by atomic mass is 9.86. The number of carbonyl (C=O) groups is 2. The van der Waals surface area contributed by atoms with E-state index in [0.29, 0.717) is 10.4 Å². The van der Waals surface area contributed by atoms with Gasteiger partial charge in [-0.15, -0.1) is 0 Å². The number of ether oxygens (including phenoxy) is 1. The van der Waals surface area contributed by atoms with Gasteiger partial charge in [0.1, 0.15) is 5.82 Å². The molecule has 2 atom stereocenters. The van der Waals surface area contributed by atoms with Crippen LogP contribution in [-0.4, -0.2) is 24.5 Å². The molecule has 0 bridgehead atoms. The van der Waals surface area contributed by atoms with Crippen LogP contribution in [0.5, 0.6) is 0 Å². The van der Waals surface area contributed by atoms with Gasteiger partial charge in [0.05, 0.1) is 0 Å². The Kier molecular flexibility index (Phi) is 6.97. The first-order valence-electron chi connectivity index (χ1n) is 8.05. The van der Waals surface area contributed by atoms with E-state index >= 15 is 0 Å². The minimum absolute atomic E-state index is 0.149. The van der Waals surface area contributed by atoms with Gasteiger partial charge < -0.3 is 10.1 Å². The molecule has 0 aliphatic heterocycles. The number of hydrogen-bond donors (Lipinski definition) is 1. The van der Waals surface area contributed by atoms with E-state index in [0.717, 1.165) is 25.3 Å². The van der Waals surface area contributed by atoms with E-state index in [1.54, 1.807) is 12.1 Å². The molecule has 1 aromatic rings. The molecule has 24 heavy (non-hydrogen) atoms.